The Morgan fingerprint density at radius 1 is 1.25 bits per heavy atom. The number of amidine groups is 1. The fraction of sp³-hybridized carbons (Fsp3) is 0.647. The summed E-state index contributed by atoms with van der Waals surface area (Å²) in [6.07, 6.45) is 0.744. The lowest BCUT2D eigenvalue weighted by molar-refractivity contribution is -0.694. The van der Waals surface area contributed by atoms with Crippen molar-refractivity contribution < 1.29 is 14.2 Å². The van der Waals surface area contributed by atoms with E-state index in [2.05, 4.69) is 30.3 Å². The third kappa shape index (κ3) is 2.17. The third-order valence-corrected chi connectivity index (χ3v) is 4.82. The van der Waals surface area contributed by atoms with Gasteiger partial charge in [-0.1, -0.05) is 25.8 Å². The number of urea groups is 1. The zero-order valence-corrected chi connectivity index (χ0v) is 15.3. The molecule has 1 atom stereocenters. The summed E-state index contributed by atoms with van der Waals surface area (Å²) in [6, 6.07) is -0.811. The molecule has 0 aliphatic carbocycles. The highest BCUT2D eigenvalue weighted by molar-refractivity contribution is 6.20. The predicted octanol–water partition coefficient (Wildman–Crippen LogP) is 1.94. The van der Waals surface area contributed by atoms with Crippen LogP contribution in [0.3, 0.4) is 0 Å². The Labute approximate surface area is 142 Å². The molecule has 3 rings (SSSR count). The molecule has 7 nitrogen and oxygen atoms in total. The van der Waals surface area contributed by atoms with Crippen molar-refractivity contribution in [2.75, 3.05) is 13.6 Å². The molecule has 2 aliphatic rings. The second-order valence-electron chi connectivity index (χ2n) is 7.05. The molecule has 0 aromatic carbocycles. The van der Waals surface area contributed by atoms with Crippen LogP contribution in [0.5, 0.6) is 0 Å². The molecule has 1 fully saturated rings. The molecule has 0 N–H and O–H groups in total. The first-order chi connectivity index (χ1) is 11.3. The number of aliphatic imine (C=N–C) groups is 1. The molecule has 1 saturated heterocycles. The van der Waals surface area contributed by atoms with Gasteiger partial charge in [-0.25, -0.2) is 13.9 Å². The summed E-state index contributed by atoms with van der Waals surface area (Å²) < 4.78 is 4.14. The highest BCUT2D eigenvalue weighted by atomic mass is 16.2. The van der Waals surface area contributed by atoms with Crippen molar-refractivity contribution in [1.29, 1.82) is 0 Å². The lowest BCUT2D eigenvalue weighted by atomic mass is 10.1. The zero-order valence-electron chi connectivity index (χ0n) is 15.3. The van der Waals surface area contributed by atoms with Gasteiger partial charge < -0.3 is 0 Å². The predicted molar refractivity (Wildman–Crippen MR) is 90.2 cm³/mol. The number of fused-ring (bicyclic) bond motifs is 3. The van der Waals surface area contributed by atoms with E-state index in [0.717, 1.165) is 30.3 Å². The molecule has 0 saturated carbocycles. The first kappa shape index (κ1) is 16.7. The van der Waals surface area contributed by atoms with Crippen LogP contribution in [0.15, 0.2) is 4.99 Å². The van der Waals surface area contributed by atoms with E-state index in [-0.39, 0.29) is 11.9 Å². The van der Waals surface area contributed by atoms with Gasteiger partial charge in [0, 0.05) is 13.6 Å². The zero-order chi connectivity index (χ0) is 17.8. The van der Waals surface area contributed by atoms with Crippen molar-refractivity contribution in [3.05, 3.63) is 11.4 Å². The molecule has 2 aliphatic heterocycles. The number of imide groups is 1. The monoisotopic (exact) mass is 332 g/mol. The Kier molecular flexibility index (Phi) is 3.97. The van der Waals surface area contributed by atoms with E-state index in [1.807, 2.05) is 18.4 Å². The van der Waals surface area contributed by atoms with Gasteiger partial charge in [0.25, 0.3) is 5.91 Å². The van der Waals surface area contributed by atoms with Crippen molar-refractivity contribution in [3.63, 3.8) is 0 Å². The first-order valence-electron chi connectivity index (χ1n) is 8.58. The van der Waals surface area contributed by atoms with E-state index in [1.165, 1.54) is 9.80 Å². The molecular weight excluding hydrogens is 306 g/mol. The summed E-state index contributed by atoms with van der Waals surface area (Å²) in [5.74, 6) is 1.60. The Morgan fingerprint density at radius 3 is 2.50 bits per heavy atom. The standard InChI is InChI=1S/C17H26N5O2/c1-7-8-20-15(23)13-14(19(6)17(20)24)18-16-21(9-10(2)3)11(4)12(5)22(13)16/h10,13H,7-9H2,1-6H3/q+1. The van der Waals surface area contributed by atoms with Crippen molar-refractivity contribution in [2.24, 2.45) is 10.9 Å². The molecular formula is C17H26N5O2+. The second-order valence-corrected chi connectivity index (χ2v) is 7.05. The molecule has 1 aromatic rings. The van der Waals surface area contributed by atoms with Gasteiger partial charge in [-0.3, -0.25) is 14.6 Å². The minimum atomic E-state index is -0.527. The van der Waals surface area contributed by atoms with Gasteiger partial charge >= 0.3 is 12.0 Å². The van der Waals surface area contributed by atoms with Crippen LogP contribution >= 0.6 is 0 Å². The Balaban J connectivity index is 2.14. The molecule has 3 amide bonds. The number of hydrogen-bond acceptors (Lipinski definition) is 3. The number of carbonyl (C=O) groups excluding carboxylic acids is 2. The normalized spacial score (nSPS) is 20.0. The van der Waals surface area contributed by atoms with Crippen molar-refractivity contribution >= 4 is 23.7 Å². The minimum Gasteiger partial charge on any atom is -0.270 e. The molecule has 7 heteroatoms. The van der Waals surface area contributed by atoms with Gasteiger partial charge in [-0.15, -0.1) is 0 Å². The average molecular weight is 332 g/mol. The van der Waals surface area contributed by atoms with Crippen molar-refractivity contribution in [1.82, 2.24) is 14.4 Å². The van der Waals surface area contributed by atoms with E-state index < -0.39 is 6.04 Å². The number of aromatic nitrogens is 2. The van der Waals surface area contributed by atoms with Gasteiger partial charge in [-0.2, -0.15) is 0 Å². The number of amides is 3. The van der Waals surface area contributed by atoms with Crippen LogP contribution in [0.2, 0.25) is 0 Å². The second kappa shape index (κ2) is 5.72. The van der Waals surface area contributed by atoms with Gasteiger partial charge in [0.15, 0.2) is 0 Å². The minimum absolute atomic E-state index is 0.174. The van der Waals surface area contributed by atoms with Crippen LogP contribution < -0.4 is 4.57 Å². The third-order valence-electron chi connectivity index (χ3n) is 4.82. The summed E-state index contributed by atoms with van der Waals surface area (Å²) in [5.41, 5.74) is 2.15. The number of likely N-dealkylation sites (N-methyl/N-ethyl adjacent to an activating group) is 1. The highest BCUT2D eigenvalue weighted by Gasteiger charge is 2.53. The van der Waals surface area contributed by atoms with E-state index in [4.69, 9.17) is 0 Å². The van der Waals surface area contributed by atoms with Crippen molar-refractivity contribution in [2.45, 2.75) is 53.6 Å². The van der Waals surface area contributed by atoms with Crippen LogP contribution in [-0.4, -0.2) is 45.7 Å². The van der Waals surface area contributed by atoms with Crippen LogP contribution in [0.25, 0.3) is 0 Å². The summed E-state index contributed by atoms with van der Waals surface area (Å²) in [4.78, 5) is 33.0. The van der Waals surface area contributed by atoms with E-state index in [9.17, 15) is 9.59 Å². The van der Waals surface area contributed by atoms with Crippen LogP contribution in [0.1, 0.15) is 44.6 Å². The molecule has 0 spiro atoms. The number of carbonyl (C=O) groups is 2. The number of imidazole rings is 1. The maximum Gasteiger partial charge on any atom is 0.402 e. The lowest BCUT2D eigenvalue weighted by Gasteiger charge is -2.33. The first-order valence-corrected chi connectivity index (χ1v) is 8.58. The molecule has 0 radical (unpaired) electrons. The SMILES string of the molecule is CCCN1C(=O)C2C(=Nc3n2c(C)c(C)[n+]3CC(C)C)N(C)C1=O. The molecule has 0 bridgehead atoms. The number of hydrogen-bond donors (Lipinski definition) is 0. The van der Waals surface area contributed by atoms with Gasteiger partial charge in [0.2, 0.25) is 11.9 Å². The van der Waals surface area contributed by atoms with Crippen LogP contribution in [0, 0.1) is 19.8 Å². The summed E-state index contributed by atoms with van der Waals surface area (Å²) in [6.45, 7) is 11.6. The number of rotatable bonds is 4. The largest absolute Gasteiger partial charge is 0.402 e. The van der Waals surface area contributed by atoms with E-state index in [0.29, 0.717) is 18.3 Å². The van der Waals surface area contributed by atoms with E-state index >= 15 is 0 Å². The van der Waals surface area contributed by atoms with E-state index in [1.54, 1.807) is 7.05 Å². The van der Waals surface area contributed by atoms with Crippen molar-refractivity contribution in [3.8, 4) is 0 Å². The quantitative estimate of drug-likeness (QED) is 0.791. The molecule has 1 unspecified atom stereocenters. The topological polar surface area (TPSA) is 61.8 Å². The van der Waals surface area contributed by atoms with Crippen LogP contribution in [0.4, 0.5) is 10.7 Å². The molecule has 3 heterocycles. The fourth-order valence-corrected chi connectivity index (χ4v) is 3.52. The van der Waals surface area contributed by atoms with Gasteiger partial charge in [0.1, 0.15) is 11.4 Å². The van der Waals surface area contributed by atoms with Gasteiger partial charge in [-0.05, 0) is 26.2 Å². The Morgan fingerprint density at radius 2 is 1.92 bits per heavy atom. The summed E-state index contributed by atoms with van der Waals surface area (Å²) in [5, 5.41) is 0. The smallest absolute Gasteiger partial charge is 0.270 e. The Hall–Kier alpha value is -2.18. The highest BCUT2D eigenvalue weighted by Crippen LogP contribution is 2.35. The maximum atomic E-state index is 13.0. The summed E-state index contributed by atoms with van der Waals surface area (Å²) >= 11 is 0. The lowest BCUT2D eigenvalue weighted by Crippen LogP contribution is -2.57. The molecule has 24 heavy (non-hydrogen) atoms. The van der Waals surface area contributed by atoms with Gasteiger partial charge in [0.05, 0.1) is 6.54 Å². The van der Waals surface area contributed by atoms with Crippen LogP contribution in [-0.2, 0) is 11.3 Å². The molecule has 130 valence electrons. The Bertz CT molecular complexity index is 747. The molecule has 1 aromatic heterocycles. The maximum absolute atomic E-state index is 13.0. The summed E-state index contributed by atoms with van der Waals surface area (Å²) in [7, 11) is 1.70. The number of nitrogens with zero attached hydrogens (tertiary/aromatic N) is 5. The average Bonchev–Trinajstić information content (AvgIpc) is 3.01. The fourth-order valence-electron chi connectivity index (χ4n) is 3.52.